The second-order valence-corrected chi connectivity index (χ2v) is 6.55. The molecule has 1 atom stereocenters. The Hall–Kier alpha value is -0.170. The van der Waals surface area contributed by atoms with E-state index in [4.69, 9.17) is 0 Å². The third kappa shape index (κ3) is 5.22. The molecule has 1 heterocycles. The summed E-state index contributed by atoms with van der Waals surface area (Å²) in [6.45, 7) is 5.47. The van der Waals surface area contributed by atoms with Crippen molar-refractivity contribution < 1.29 is 5.11 Å². The lowest BCUT2D eigenvalue weighted by Gasteiger charge is -2.32. The van der Waals surface area contributed by atoms with Crippen LogP contribution in [0.4, 0.5) is 0 Å². The second-order valence-electron chi connectivity index (χ2n) is 4.38. The highest BCUT2D eigenvalue weighted by atomic mass is 32.2. The Morgan fingerprint density at radius 1 is 1.50 bits per heavy atom. The van der Waals surface area contributed by atoms with Crippen molar-refractivity contribution in [2.75, 3.05) is 18.9 Å². The van der Waals surface area contributed by atoms with Crippen LogP contribution >= 0.6 is 23.1 Å². The van der Waals surface area contributed by atoms with Gasteiger partial charge in [-0.15, -0.1) is 10.2 Å². The van der Waals surface area contributed by atoms with Crippen molar-refractivity contribution in [2.24, 2.45) is 0 Å². The van der Waals surface area contributed by atoms with Gasteiger partial charge in [-0.3, -0.25) is 0 Å². The largest absolute Gasteiger partial charge is 0.394 e. The van der Waals surface area contributed by atoms with E-state index in [0.717, 1.165) is 42.3 Å². The zero-order chi connectivity index (χ0) is 13.3. The molecule has 1 aromatic heterocycles. The third-order valence-corrected chi connectivity index (χ3v) is 5.04. The van der Waals surface area contributed by atoms with Gasteiger partial charge in [0, 0.05) is 11.3 Å². The summed E-state index contributed by atoms with van der Waals surface area (Å²) in [5, 5.41) is 20.9. The van der Waals surface area contributed by atoms with Gasteiger partial charge in [-0.1, -0.05) is 36.9 Å². The van der Waals surface area contributed by atoms with Crippen LogP contribution in [-0.2, 0) is 0 Å². The Bertz CT molecular complexity index is 302. The van der Waals surface area contributed by atoms with Crippen molar-refractivity contribution >= 4 is 23.1 Å². The average Bonchev–Trinajstić information content (AvgIpc) is 2.92. The van der Waals surface area contributed by atoms with Crippen LogP contribution < -0.4 is 5.32 Å². The van der Waals surface area contributed by atoms with Gasteiger partial charge in [0.2, 0.25) is 0 Å². The Balaban J connectivity index is 2.28. The fourth-order valence-electron chi connectivity index (χ4n) is 1.82. The molecule has 0 aliphatic heterocycles. The van der Waals surface area contributed by atoms with E-state index >= 15 is 0 Å². The Morgan fingerprint density at radius 2 is 2.33 bits per heavy atom. The summed E-state index contributed by atoms with van der Waals surface area (Å²) in [5.41, 5.74) is 1.66. The third-order valence-electron chi connectivity index (χ3n) is 3.09. The smallest absolute Gasteiger partial charge is 0.174 e. The summed E-state index contributed by atoms with van der Waals surface area (Å²) in [7, 11) is 0. The molecule has 0 aliphatic carbocycles. The van der Waals surface area contributed by atoms with Gasteiger partial charge >= 0.3 is 0 Å². The minimum absolute atomic E-state index is 0.0995. The molecule has 0 fully saturated rings. The summed E-state index contributed by atoms with van der Waals surface area (Å²) in [5.74, 6) is 1.03. The van der Waals surface area contributed by atoms with Gasteiger partial charge in [0.1, 0.15) is 5.51 Å². The molecule has 0 aromatic carbocycles. The minimum atomic E-state index is -0.0995. The van der Waals surface area contributed by atoms with Crippen LogP contribution in [-0.4, -0.2) is 39.7 Å². The normalized spacial score (nSPS) is 14.6. The molecule has 0 saturated carbocycles. The maximum absolute atomic E-state index is 9.60. The van der Waals surface area contributed by atoms with Crippen LogP contribution in [0, 0.1) is 0 Å². The van der Waals surface area contributed by atoms with Gasteiger partial charge in [-0.05, 0) is 32.2 Å². The number of aliphatic hydroxyl groups is 1. The van der Waals surface area contributed by atoms with Crippen molar-refractivity contribution in [3.8, 4) is 0 Å². The van der Waals surface area contributed by atoms with Crippen LogP contribution in [0.15, 0.2) is 9.85 Å². The van der Waals surface area contributed by atoms with E-state index in [1.54, 1.807) is 28.6 Å². The minimum Gasteiger partial charge on any atom is -0.394 e. The molecule has 1 unspecified atom stereocenters. The molecule has 0 saturated heterocycles. The zero-order valence-electron chi connectivity index (χ0n) is 11.2. The molecule has 0 spiro atoms. The lowest BCUT2D eigenvalue weighted by Crippen LogP contribution is -2.48. The van der Waals surface area contributed by atoms with Crippen molar-refractivity contribution in [3.05, 3.63) is 5.51 Å². The van der Waals surface area contributed by atoms with Crippen LogP contribution in [0.5, 0.6) is 0 Å². The molecule has 18 heavy (non-hydrogen) atoms. The van der Waals surface area contributed by atoms with Gasteiger partial charge in [-0.2, -0.15) is 0 Å². The first-order valence-electron chi connectivity index (χ1n) is 6.51. The van der Waals surface area contributed by atoms with E-state index in [1.165, 1.54) is 0 Å². The predicted octanol–water partition coefficient (Wildman–Crippen LogP) is 2.55. The summed E-state index contributed by atoms with van der Waals surface area (Å²) < 4.78 is 1.03. The van der Waals surface area contributed by atoms with Crippen LogP contribution in [0.2, 0.25) is 0 Å². The topological polar surface area (TPSA) is 58.0 Å². The highest BCUT2D eigenvalue weighted by molar-refractivity contribution is 8.00. The maximum atomic E-state index is 9.60. The molecule has 0 radical (unpaired) electrons. The predicted molar refractivity (Wildman–Crippen MR) is 78.3 cm³/mol. The highest BCUT2D eigenvalue weighted by Crippen LogP contribution is 2.23. The fourth-order valence-corrected chi connectivity index (χ4v) is 3.32. The van der Waals surface area contributed by atoms with Crippen LogP contribution in [0.3, 0.4) is 0 Å². The van der Waals surface area contributed by atoms with E-state index in [1.807, 2.05) is 0 Å². The van der Waals surface area contributed by atoms with Crippen molar-refractivity contribution in [1.82, 2.24) is 15.5 Å². The molecular formula is C12H23N3OS2. The number of hydrogen-bond acceptors (Lipinski definition) is 6. The first kappa shape index (κ1) is 15.9. The summed E-state index contributed by atoms with van der Waals surface area (Å²) in [6, 6.07) is 0. The lowest BCUT2D eigenvalue weighted by molar-refractivity contribution is 0.146. The number of nitrogens with zero attached hydrogens (tertiary/aromatic N) is 2. The fraction of sp³-hybridized carbons (Fsp3) is 0.833. The van der Waals surface area contributed by atoms with Crippen molar-refractivity contribution in [3.63, 3.8) is 0 Å². The van der Waals surface area contributed by atoms with Crippen molar-refractivity contribution in [1.29, 1.82) is 0 Å². The van der Waals surface area contributed by atoms with E-state index < -0.39 is 0 Å². The quantitative estimate of drug-likeness (QED) is 0.512. The van der Waals surface area contributed by atoms with Gasteiger partial charge in [-0.25, -0.2) is 0 Å². The van der Waals surface area contributed by atoms with Crippen LogP contribution in [0.1, 0.15) is 39.5 Å². The molecule has 2 N–H and O–H groups in total. The summed E-state index contributed by atoms with van der Waals surface area (Å²) in [6.07, 6.45) is 4.15. The highest BCUT2D eigenvalue weighted by Gasteiger charge is 2.25. The van der Waals surface area contributed by atoms with Gasteiger partial charge in [0.25, 0.3) is 0 Å². The Kier molecular flexibility index (Phi) is 7.81. The first-order chi connectivity index (χ1) is 8.76. The number of aromatic nitrogens is 2. The molecule has 0 aliphatic rings. The Labute approximate surface area is 118 Å². The monoisotopic (exact) mass is 289 g/mol. The lowest BCUT2D eigenvalue weighted by atomic mass is 9.91. The van der Waals surface area contributed by atoms with Crippen LogP contribution in [0.25, 0.3) is 0 Å². The van der Waals surface area contributed by atoms with Gasteiger partial charge < -0.3 is 10.4 Å². The second kappa shape index (κ2) is 8.85. The van der Waals surface area contributed by atoms with E-state index in [0.29, 0.717) is 0 Å². The van der Waals surface area contributed by atoms with Crippen molar-refractivity contribution in [2.45, 2.75) is 49.4 Å². The van der Waals surface area contributed by atoms with E-state index in [-0.39, 0.29) is 12.1 Å². The summed E-state index contributed by atoms with van der Waals surface area (Å²) >= 11 is 3.33. The number of nitrogens with one attached hydrogen (secondary N) is 1. The average molecular weight is 289 g/mol. The number of hydrogen-bond donors (Lipinski definition) is 2. The molecule has 104 valence electrons. The standard InChI is InChI=1S/C12H23N3OS2/c1-3-7-13-12(4-2,9-16)6-5-8-17-11-15-14-10-18-11/h10,13,16H,3-9H2,1-2H3. The first-order valence-corrected chi connectivity index (χ1v) is 8.37. The number of thioether (sulfide) groups is 1. The number of rotatable bonds is 10. The van der Waals surface area contributed by atoms with Gasteiger partial charge in [0.05, 0.1) is 6.61 Å². The Morgan fingerprint density at radius 3 is 2.89 bits per heavy atom. The molecule has 0 bridgehead atoms. The maximum Gasteiger partial charge on any atom is 0.174 e. The molecule has 0 amide bonds. The molecule has 1 aromatic rings. The molecule has 4 nitrogen and oxygen atoms in total. The number of aliphatic hydroxyl groups excluding tert-OH is 1. The summed E-state index contributed by atoms with van der Waals surface area (Å²) in [4.78, 5) is 0. The molecular weight excluding hydrogens is 266 g/mol. The van der Waals surface area contributed by atoms with E-state index in [9.17, 15) is 5.11 Å². The molecule has 1 rings (SSSR count). The van der Waals surface area contributed by atoms with E-state index in [2.05, 4.69) is 29.4 Å². The SMILES string of the molecule is CCCNC(CC)(CO)CCCSc1nncs1. The zero-order valence-corrected chi connectivity index (χ0v) is 12.8. The molecule has 6 heteroatoms. The van der Waals surface area contributed by atoms with Gasteiger partial charge in [0.15, 0.2) is 4.34 Å².